The topological polar surface area (TPSA) is 77.5 Å². The molecule has 3 atom stereocenters. The first-order valence-electron chi connectivity index (χ1n) is 8.08. The van der Waals surface area contributed by atoms with Gasteiger partial charge < -0.3 is 14.8 Å². The molecule has 2 heterocycles. The first kappa shape index (κ1) is 17.1. The van der Waals surface area contributed by atoms with Crippen molar-refractivity contribution in [2.45, 2.75) is 25.6 Å². The number of aldehydes is 1. The summed E-state index contributed by atoms with van der Waals surface area (Å²) in [7, 11) is 1.48. The highest BCUT2D eigenvalue weighted by Crippen LogP contribution is 2.31. The lowest BCUT2D eigenvalue weighted by molar-refractivity contribution is -0.123. The van der Waals surface area contributed by atoms with Crippen molar-refractivity contribution < 1.29 is 23.5 Å². The summed E-state index contributed by atoms with van der Waals surface area (Å²) in [6.45, 7) is 1.96. The van der Waals surface area contributed by atoms with Gasteiger partial charge in [0.25, 0.3) is 5.91 Å². The minimum atomic E-state index is -1.51. The van der Waals surface area contributed by atoms with Crippen LogP contribution in [0.25, 0.3) is 10.8 Å². The Morgan fingerprint density at radius 2 is 2.20 bits per heavy atom. The average molecular weight is 346 g/mol. The predicted octanol–water partition coefficient (Wildman–Crippen LogP) is 2.30. The standard InChI is InChI=1S/C18H19FN2O4/c1-3-12-14(21-17(23)16(12)19)9-25-18-13-7-15(24-2)11(8-22)6-10(13)4-5-20-18/h4-8,12,14,16H,3,9H2,1-2H3,(H,21,23). The first-order valence-corrected chi connectivity index (χ1v) is 8.08. The van der Waals surface area contributed by atoms with E-state index in [1.54, 1.807) is 24.4 Å². The summed E-state index contributed by atoms with van der Waals surface area (Å²) in [4.78, 5) is 26.9. The van der Waals surface area contributed by atoms with Gasteiger partial charge in [0.15, 0.2) is 12.5 Å². The summed E-state index contributed by atoms with van der Waals surface area (Å²) >= 11 is 0. The van der Waals surface area contributed by atoms with Crippen LogP contribution in [0.3, 0.4) is 0 Å². The summed E-state index contributed by atoms with van der Waals surface area (Å²) in [5.41, 5.74) is 0.432. The fourth-order valence-corrected chi connectivity index (χ4v) is 3.17. The van der Waals surface area contributed by atoms with Crippen LogP contribution in [-0.4, -0.2) is 43.1 Å². The Morgan fingerprint density at radius 1 is 1.40 bits per heavy atom. The number of ether oxygens (including phenoxy) is 2. The number of benzene rings is 1. The molecule has 2 aromatic rings. The van der Waals surface area contributed by atoms with Gasteiger partial charge in [-0.2, -0.15) is 0 Å². The Labute approximate surface area is 144 Å². The molecular weight excluding hydrogens is 327 g/mol. The zero-order valence-electron chi connectivity index (χ0n) is 14.0. The van der Waals surface area contributed by atoms with Crippen LogP contribution in [0.15, 0.2) is 24.4 Å². The molecule has 1 aliphatic heterocycles. The van der Waals surface area contributed by atoms with E-state index in [-0.39, 0.29) is 6.61 Å². The van der Waals surface area contributed by atoms with E-state index in [0.29, 0.717) is 29.0 Å². The number of pyridine rings is 1. The minimum absolute atomic E-state index is 0.120. The van der Waals surface area contributed by atoms with Crippen molar-refractivity contribution in [3.63, 3.8) is 0 Å². The van der Waals surface area contributed by atoms with Gasteiger partial charge in [0.1, 0.15) is 12.4 Å². The van der Waals surface area contributed by atoms with Gasteiger partial charge in [0, 0.05) is 17.5 Å². The molecule has 1 aromatic heterocycles. The largest absolute Gasteiger partial charge is 0.496 e. The second kappa shape index (κ2) is 7.04. The number of rotatable bonds is 6. The maximum Gasteiger partial charge on any atom is 0.255 e. The van der Waals surface area contributed by atoms with Gasteiger partial charge in [-0.3, -0.25) is 9.59 Å². The van der Waals surface area contributed by atoms with E-state index >= 15 is 0 Å². The number of carbonyl (C=O) groups is 2. The Bertz CT molecular complexity index is 811. The van der Waals surface area contributed by atoms with Crippen LogP contribution in [0, 0.1) is 5.92 Å². The van der Waals surface area contributed by atoms with Gasteiger partial charge >= 0.3 is 0 Å². The van der Waals surface area contributed by atoms with E-state index in [1.807, 2.05) is 6.92 Å². The normalized spacial score (nSPS) is 22.7. The van der Waals surface area contributed by atoms with Crippen LogP contribution in [-0.2, 0) is 4.79 Å². The molecule has 3 rings (SSSR count). The molecule has 1 fully saturated rings. The van der Waals surface area contributed by atoms with Gasteiger partial charge in [0.05, 0.1) is 18.7 Å². The van der Waals surface area contributed by atoms with Crippen molar-refractivity contribution in [1.29, 1.82) is 0 Å². The highest BCUT2D eigenvalue weighted by atomic mass is 19.1. The van der Waals surface area contributed by atoms with Crippen LogP contribution in [0.4, 0.5) is 4.39 Å². The lowest BCUT2D eigenvalue weighted by Gasteiger charge is -2.18. The van der Waals surface area contributed by atoms with Crippen molar-refractivity contribution in [2.24, 2.45) is 5.92 Å². The van der Waals surface area contributed by atoms with E-state index in [2.05, 4.69) is 10.3 Å². The molecule has 132 valence electrons. The lowest BCUT2D eigenvalue weighted by atomic mass is 9.97. The van der Waals surface area contributed by atoms with Crippen molar-refractivity contribution >= 4 is 23.0 Å². The van der Waals surface area contributed by atoms with E-state index in [4.69, 9.17) is 9.47 Å². The molecule has 6 nitrogen and oxygen atoms in total. The molecule has 0 aliphatic carbocycles. The van der Waals surface area contributed by atoms with Gasteiger partial charge in [-0.05, 0) is 30.0 Å². The van der Waals surface area contributed by atoms with Crippen LogP contribution < -0.4 is 14.8 Å². The number of alkyl halides is 1. The molecule has 0 spiro atoms. The second-order valence-electron chi connectivity index (χ2n) is 5.95. The molecule has 1 aromatic carbocycles. The maximum atomic E-state index is 13.9. The number of hydrogen-bond acceptors (Lipinski definition) is 5. The smallest absolute Gasteiger partial charge is 0.255 e. The molecule has 1 amide bonds. The lowest BCUT2D eigenvalue weighted by Crippen LogP contribution is -2.34. The Balaban J connectivity index is 1.86. The minimum Gasteiger partial charge on any atom is -0.496 e. The average Bonchev–Trinajstić information content (AvgIpc) is 2.91. The number of hydrogen-bond donors (Lipinski definition) is 1. The fourth-order valence-electron chi connectivity index (χ4n) is 3.17. The van der Waals surface area contributed by atoms with Gasteiger partial charge in [0.2, 0.25) is 5.88 Å². The van der Waals surface area contributed by atoms with E-state index < -0.39 is 24.0 Å². The monoisotopic (exact) mass is 346 g/mol. The Morgan fingerprint density at radius 3 is 2.88 bits per heavy atom. The number of methoxy groups -OCH3 is 1. The molecule has 3 unspecified atom stereocenters. The zero-order chi connectivity index (χ0) is 18.0. The summed E-state index contributed by atoms with van der Waals surface area (Å²) in [5.74, 6) is -0.244. The van der Waals surface area contributed by atoms with E-state index in [1.165, 1.54) is 7.11 Å². The molecule has 1 N–H and O–H groups in total. The third-order valence-corrected chi connectivity index (χ3v) is 4.55. The van der Waals surface area contributed by atoms with E-state index in [9.17, 15) is 14.0 Å². The number of aromatic nitrogens is 1. The number of fused-ring (bicyclic) bond motifs is 1. The number of nitrogens with one attached hydrogen (secondary N) is 1. The summed E-state index contributed by atoms with van der Waals surface area (Å²) in [6, 6.07) is 4.74. The van der Waals surface area contributed by atoms with Crippen molar-refractivity contribution in [1.82, 2.24) is 10.3 Å². The highest BCUT2D eigenvalue weighted by molar-refractivity contribution is 5.94. The van der Waals surface area contributed by atoms with Crippen molar-refractivity contribution in [3.05, 3.63) is 30.0 Å². The number of nitrogens with zero attached hydrogens (tertiary/aromatic N) is 1. The van der Waals surface area contributed by atoms with Crippen LogP contribution in [0.1, 0.15) is 23.7 Å². The number of halogens is 1. The van der Waals surface area contributed by atoms with Gasteiger partial charge in [-0.1, -0.05) is 6.92 Å². The number of amides is 1. The van der Waals surface area contributed by atoms with E-state index in [0.717, 1.165) is 11.7 Å². The van der Waals surface area contributed by atoms with Crippen molar-refractivity contribution in [3.8, 4) is 11.6 Å². The predicted molar refractivity (Wildman–Crippen MR) is 89.8 cm³/mol. The zero-order valence-corrected chi connectivity index (χ0v) is 14.0. The third-order valence-electron chi connectivity index (χ3n) is 4.55. The number of carbonyl (C=O) groups excluding carboxylic acids is 2. The summed E-state index contributed by atoms with van der Waals surface area (Å²) in [6.07, 6.45) is 1.32. The van der Waals surface area contributed by atoms with Crippen LogP contribution in [0.2, 0.25) is 0 Å². The third kappa shape index (κ3) is 3.14. The Kier molecular flexibility index (Phi) is 4.83. The fraction of sp³-hybridized carbons (Fsp3) is 0.389. The molecule has 1 aliphatic rings. The summed E-state index contributed by atoms with van der Waals surface area (Å²) in [5, 5.41) is 4.08. The van der Waals surface area contributed by atoms with Gasteiger partial charge in [-0.25, -0.2) is 9.37 Å². The van der Waals surface area contributed by atoms with Crippen molar-refractivity contribution in [2.75, 3.05) is 13.7 Å². The quantitative estimate of drug-likeness (QED) is 0.812. The highest BCUT2D eigenvalue weighted by Gasteiger charge is 2.41. The molecule has 25 heavy (non-hydrogen) atoms. The second-order valence-corrected chi connectivity index (χ2v) is 5.95. The molecule has 0 saturated carbocycles. The molecule has 0 bridgehead atoms. The maximum absolute atomic E-state index is 13.9. The molecule has 0 radical (unpaired) electrons. The SMILES string of the molecule is CCC1C(COc2nccc3cc(C=O)c(OC)cc23)NC(=O)C1F. The Hall–Kier alpha value is -2.70. The van der Waals surface area contributed by atoms with Gasteiger partial charge in [-0.15, -0.1) is 0 Å². The van der Waals surface area contributed by atoms with Crippen LogP contribution in [0.5, 0.6) is 11.6 Å². The summed E-state index contributed by atoms with van der Waals surface area (Å²) < 4.78 is 24.8. The van der Waals surface area contributed by atoms with Crippen LogP contribution >= 0.6 is 0 Å². The molecule has 7 heteroatoms. The molecule has 1 saturated heterocycles. The first-order chi connectivity index (χ1) is 12.1. The molecular formula is C18H19FN2O4.